The average molecular weight is 385 g/mol. The lowest BCUT2D eigenvalue weighted by molar-refractivity contribution is -0.123. The van der Waals surface area contributed by atoms with Gasteiger partial charge in [-0.3, -0.25) is 9.59 Å². The monoisotopic (exact) mass is 384 g/mol. The third-order valence-corrected chi connectivity index (χ3v) is 8.21. The maximum Gasteiger partial charge on any atom is 0.238 e. The molecule has 5 rings (SSSR count). The largest absolute Gasteiger partial charge is 0.274 e. The van der Waals surface area contributed by atoms with Crippen molar-refractivity contribution in [2.45, 2.75) is 24.6 Å². The van der Waals surface area contributed by atoms with E-state index in [2.05, 4.69) is 31.0 Å². The zero-order chi connectivity index (χ0) is 18.0. The van der Waals surface area contributed by atoms with Gasteiger partial charge in [0.1, 0.15) is 0 Å². The number of imide groups is 1. The highest BCUT2D eigenvalue weighted by Crippen LogP contribution is 2.53. The number of thiazole rings is 1. The van der Waals surface area contributed by atoms with Crippen LogP contribution in [0.1, 0.15) is 20.3 Å². The van der Waals surface area contributed by atoms with Crippen molar-refractivity contribution in [3.63, 3.8) is 0 Å². The first-order chi connectivity index (χ1) is 12.5. The molecule has 4 nitrogen and oxygen atoms in total. The molecule has 2 aromatic rings. The van der Waals surface area contributed by atoms with Gasteiger partial charge in [0.15, 0.2) is 4.34 Å². The predicted molar refractivity (Wildman–Crippen MR) is 105 cm³/mol. The molecule has 0 spiro atoms. The average Bonchev–Trinajstić information content (AvgIpc) is 3.35. The van der Waals surface area contributed by atoms with Crippen LogP contribution in [0.2, 0.25) is 0 Å². The van der Waals surface area contributed by atoms with Crippen LogP contribution in [0.5, 0.6) is 0 Å². The van der Waals surface area contributed by atoms with E-state index in [-0.39, 0.29) is 35.5 Å². The maximum atomic E-state index is 13.0. The van der Waals surface area contributed by atoms with Gasteiger partial charge in [-0.05, 0) is 42.4 Å². The second-order valence-corrected chi connectivity index (χ2v) is 10.1. The minimum Gasteiger partial charge on any atom is -0.274 e. The topological polar surface area (TPSA) is 50.3 Å². The van der Waals surface area contributed by atoms with E-state index in [4.69, 9.17) is 0 Å². The molecule has 3 aliphatic rings. The first-order valence-electron chi connectivity index (χ1n) is 9.12. The fraction of sp³-hybridized carbons (Fsp3) is 0.450. The van der Waals surface area contributed by atoms with Gasteiger partial charge in [0, 0.05) is 5.75 Å². The van der Waals surface area contributed by atoms with E-state index in [1.54, 1.807) is 23.1 Å². The Morgan fingerprint density at radius 1 is 1.19 bits per heavy atom. The molecule has 4 atom stereocenters. The Morgan fingerprint density at radius 3 is 2.54 bits per heavy atom. The van der Waals surface area contributed by atoms with E-state index >= 15 is 0 Å². The molecule has 1 aromatic carbocycles. The van der Waals surface area contributed by atoms with Gasteiger partial charge in [-0.25, -0.2) is 9.88 Å². The highest BCUT2D eigenvalue weighted by molar-refractivity contribution is 8.01. The van der Waals surface area contributed by atoms with Gasteiger partial charge < -0.3 is 0 Å². The zero-order valence-corrected chi connectivity index (χ0v) is 16.3. The number of aromatic nitrogens is 1. The minimum atomic E-state index is -0.146. The Hall–Kier alpha value is -1.66. The molecule has 2 amide bonds. The Balaban J connectivity index is 1.46. The first kappa shape index (κ1) is 16.5. The third kappa shape index (κ3) is 2.38. The maximum absolute atomic E-state index is 13.0. The Kier molecular flexibility index (Phi) is 3.76. The summed E-state index contributed by atoms with van der Waals surface area (Å²) >= 11 is 3.41. The van der Waals surface area contributed by atoms with Crippen LogP contribution in [0.15, 0.2) is 34.7 Å². The minimum absolute atomic E-state index is 0.0184. The van der Waals surface area contributed by atoms with Gasteiger partial charge in [-0.15, -0.1) is 11.3 Å². The molecule has 2 heterocycles. The lowest BCUT2D eigenvalue weighted by atomic mass is 9.85. The fourth-order valence-corrected chi connectivity index (χ4v) is 6.57. The first-order valence-corrected chi connectivity index (χ1v) is 10.9. The SMILES string of the molecule is CC(C)CSc1nc2ccc(N3C(=O)[C@@H]4[C@@H](C3=O)[C@H]3C=C[C@H]4C3)cc2s1. The number of nitrogens with zero attached hydrogens (tertiary/aromatic N) is 2. The van der Waals surface area contributed by atoms with Crippen LogP contribution in [0.4, 0.5) is 5.69 Å². The van der Waals surface area contributed by atoms with Gasteiger partial charge in [0.05, 0.1) is 27.7 Å². The highest BCUT2D eigenvalue weighted by Gasteiger charge is 2.59. The van der Waals surface area contributed by atoms with Crippen molar-refractivity contribution < 1.29 is 9.59 Å². The molecule has 1 aromatic heterocycles. The van der Waals surface area contributed by atoms with E-state index < -0.39 is 0 Å². The van der Waals surface area contributed by atoms with E-state index in [9.17, 15) is 9.59 Å². The zero-order valence-electron chi connectivity index (χ0n) is 14.7. The molecule has 6 heteroatoms. The number of benzene rings is 1. The van der Waals surface area contributed by atoms with Crippen molar-refractivity contribution in [1.82, 2.24) is 4.98 Å². The molecule has 0 unspecified atom stereocenters. The molecular formula is C20H20N2O2S2. The molecule has 2 aliphatic carbocycles. The van der Waals surface area contributed by atoms with Crippen LogP contribution in [0, 0.1) is 29.6 Å². The fourth-order valence-electron chi connectivity index (χ4n) is 4.49. The number of carbonyl (C=O) groups excluding carboxylic acids is 2. The van der Waals surface area contributed by atoms with E-state index in [1.165, 1.54) is 4.90 Å². The Morgan fingerprint density at radius 2 is 1.88 bits per heavy atom. The molecule has 26 heavy (non-hydrogen) atoms. The number of anilines is 1. The summed E-state index contributed by atoms with van der Waals surface area (Å²) in [7, 11) is 0. The summed E-state index contributed by atoms with van der Waals surface area (Å²) in [5.74, 6) is 1.82. The van der Waals surface area contributed by atoms with E-state index in [0.717, 1.165) is 26.7 Å². The number of rotatable bonds is 4. The van der Waals surface area contributed by atoms with Crippen LogP contribution in [-0.4, -0.2) is 22.6 Å². The molecular weight excluding hydrogens is 364 g/mol. The molecule has 0 radical (unpaired) electrons. The summed E-state index contributed by atoms with van der Waals surface area (Å²) in [6.07, 6.45) is 5.22. The number of fused-ring (bicyclic) bond motifs is 6. The van der Waals surface area contributed by atoms with Crippen LogP contribution in [0.25, 0.3) is 10.2 Å². The van der Waals surface area contributed by atoms with Crippen LogP contribution < -0.4 is 4.90 Å². The van der Waals surface area contributed by atoms with E-state index in [0.29, 0.717) is 11.6 Å². The normalized spacial score (nSPS) is 29.6. The highest BCUT2D eigenvalue weighted by atomic mass is 32.2. The van der Waals surface area contributed by atoms with Gasteiger partial charge in [0.25, 0.3) is 0 Å². The number of hydrogen-bond donors (Lipinski definition) is 0. The molecule has 0 N–H and O–H groups in total. The second kappa shape index (κ2) is 5.92. The summed E-state index contributed by atoms with van der Waals surface area (Å²) in [6, 6.07) is 5.76. The third-order valence-electron chi connectivity index (χ3n) is 5.62. The summed E-state index contributed by atoms with van der Waals surface area (Å²) < 4.78 is 2.08. The molecule has 1 aliphatic heterocycles. The number of carbonyl (C=O) groups is 2. The second-order valence-electron chi connectivity index (χ2n) is 7.85. The van der Waals surface area contributed by atoms with Crippen molar-refractivity contribution in [3.05, 3.63) is 30.4 Å². The summed E-state index contributed by atoms with van der Waals surface area (Å²) in [4.78, 5) is 32.0. The lowest BCUT2D eigenvalue weighted by Crippen LogP contribution is -2.32. The molecule has 2 bridgehead atoms. The number of amides is 2. The summed E-state index contributed by atoms with van der Waals surface area (Å²) in [5.41, 5.74) is 1.64. The smallest absolute Gasteiger partial charge is 0.238 e. The van der Waals surface area contributed by atoms with Gasteiger partial charge >= 0.3 is 0 Å². The van der Waals surface area contributed by atoms with Gasteiger partial charge in [-0.1, -0.05) is 37.8 Å². The van der Waals surface area contributed by atoms with Crippen LogP contribution >= 0.6 is 23.1 Å². The van der Waals surface area contributed by atoms with Crippen LogP contribution in [0.3, 0.4) is 0 Å². The predicted octanol–water partition coefficient (Wildman–Crippen LogP) is 4.36. The molecule has 1 saturated carbocycles. The van der Waals surface area contributed by atoms with E-state index in [1.807, 2.05) is 18.2 Å². The number of hydrogen-bond acceptors (Lipinski definition) is 5. The van der Waals surface area contributed by atoms with Crippen molar-refractivity contribution >= 4 is 50.8 Å². The quantitative estimate of drug-likeness (QED) is 0.447. The van der Waals surface area contributed by atoms with Crippen LogP contribution in [-0.2, 0) is 9.59 Å². The van der Waals surface area contributed by atoms with Crippen molar-refractivity contribution in [2.75, 3.05) is 10.7 Å². The Bertz CT molecular complexity index is 918. The summed E-state index contributed by atoms with van der Waals surface area (Å²) in [5, 5.41) is 0. The van der Waals surface area contributed by atoms with Gasteiger partial charge in [0.2, 0.25) is 11.8 Å². The molecule has 1 saturated heterocycles. The van der Waals surface area contributed by atoms with Crippen molar-refractivity contribution in [2.24, 2.45) is 29.6 Å². The number of allylic oxidation sites excluding steroid dienone is 2. The summed E-state index contributed by atoms with van der Waals surface area (Å²) in [6.45, 7) is 4.39. The standard InChI is InChI=1S/C20H20N2O2S2/c1-10(2)9-25-20-21-14-6-5-13(8-15(14)26-20)22-18(23)16-11-3-4-12(7-11)17(16)19(22)24/h3-6,8,10-12,16-17H,7,9H2,1-2H3/t11-,12-,16-,17-/m0/s1. The lowest BCUT2D eigenvalue weighted by Gasteiger charge is -2.17. The van der Waals surface area contributed by atoms with Gasteiger partial charge in [-0.2, -0.15) is 0 Å². The Labute approximate surface area is 160 Å². The number of thioether (sulfide) groups is 1. The molecule has 134 valence electrons. The van der Waals surface area contributed by atoms with Crippen molar-refractivity contribution in [3.8, 4) is 0 Å². The van der Waals surface area contributed by atoms with Crippen molar-refractivity contribution in [1.29, 1.82) is 0 Å². The molecule has 2 fully saturated rings.